The smallest absolute Gasteiger partial charge is 0.302 e. The Bertz CT molecular complexity index is 635. The Hall–Kier alpha value is -0.950. The van der Waals surface area contributed by atoms with Gasteiger partial charge in [-0.15, -0.1) is 0 Å². The van der Waals surface area contributed by atoms with Crippen molar-refractivity contribution in [3.63, 3.8) is 0 Å². The minimum Gasteiger partial charge on any atom is -0.462 e. The predicted octanol–water partition coefficient (Wildman–Crippen LogP) is 3.60. The van der Waals surface area contributed by atoms with Crippen molar-refractivity contribution in [3.05, 3.63) is 12.2 Å². The molecule has 4 fully saturated rings. The molecule has 0 aromatic rings. The van der Waals surface area contributed by atoms with Crippen molar-refractivity contribution in [1.29, 1.82) is 0 Å². The van der Waals surface area contributed by atoms with Gasteiger partial charge < -0.3 is 14.2 Å². The molecule has 3 aliphatic heterocycles. The molecule has 6 nitrogen and oxygen atoms in total. The zero-order valence-corrected chi connectivity index (χ0v) is 17.4. The molecule has 2 bridgehead atoms. The lowest BCUT2D eigenvalue weighted by Crippen LogP contribution is -2.52. The molecule has 28 heavy (non-hydrogen) atoms. The Morgan fingerprint density at radius 1 is 1.29 bits per heavy atom. The Morgan fingerprint density at radius 2 is 2.04 bits per heavy atom. The van der Waals surface area contributed by atoms with E-state index in [-0.39, 0.29) is 36.1 Å². The molecule has 1 N–H and O–H groups in total. The SMILES string of the molecule is C=C1CC2OC3C4C(CC(C)C(OC(C)=O)C24)C(C)COC3(C)CCC1OO. The van der Waals surface area contributed by atoms with Crippen LogP contribution in [0.15, 0.2) is 12.2 Å². The quantitative estimate of drug-likeness (QED) is 0.334. The monoisotopic (exact) mass is 394 g/mol. The third-order valence-corrected chi connectivity index (χ3v) is 7.88. The van der Waals surface area contributed by atoms with E-state index in [2.05, 4.69) is 27.4 Å². The van der Waals surface area contributed by atoms with Crippen molar-refractivity contribution in [2.45, 2.75) is 83.4 Å². The highest BCUT2D eigenvalue weighted by Gasteiger charge is 2.63. The molecule has 3 heterocycles. The number of carbonyl (C=O) groups excluding carboxylic acids is 1. The molecule has 0 aromatic carbocycles. The summed E-state index contributed by atoms with van der Waals surface area (Å²) in [5.74, 6) is 1.36. The maximum Gasteiger partial charge on any atom is 0.302 e. The van der Waals surface area contributed by atoms with Crippen molar-refractivity contribution in [2.75, 3.05) is 6.61 Å². The van der Waals surface area contributed by atoms with Gasteiger partial charge in [-0.25, -0.2) is 4.89 Å². The lowest BCUT2D eigenvalue weighted by molar-refractivity contribution is -0.272. The van der Waals surface area contributed by atoms with Gasteiger partial charge in [-0.05, 0) is 61.9 Å². The molecule has 10 atom stereocenters. The minimum atomic E-state index is -0.455. The molecule has 6 heteroatoms. The predicted molar refractivity (Wildman–Crippen MR) is 102 cm³/mol. The number of ether oxygens (including phenoxy) is 3. The van der Waals surface area contributed by atoms with Crippen LogP contribution in [-0.4, -0.2) is 47.9 Å². The van der Waals surface area contributed by atoms with Gasteiger partial charge in [0.05, 0.1) is 24.4 Å². The van der Waals surface area contributed by atoms with Gasteiger partial charge in [0.25, 0.3) is 0 Å². The maximum atomic E-state index is 11.9. The summed E-state index contributed by atoms with van der Waals surface area (Å²) in [5.41, 5.74) is 0.378. The van der Waals surface area contributed by atoms with E-state index in [4.69, 9.17) is 19.1 Å². The molecule has 0 aromatic heterocycles. The van der Waals surface area contributed by atoms with Gasteiger partial charge in [0, 0.05) is 12.8 Å². The number of hydrogen-bond acceptors (Lipinski definition) is 6. The summed E-state index contributed by atoms with van der Waals surface area (Å²) >= 11 is 0. The number of rotatable bonds is 2. The standard InChI is InChI=1S/C22H34O6/c1-11-9-17-19-18-15(8-12(2)20(19)26-14(4)23)13(3)10-25-22(5,21(18)27-17)7-6-16(11)28-24/h12-13,15-21,24H,1,6-10H2,2-5H3. The summed E-state index contributed by atoms with van der Waals surface area (Å²) < 4.78 is 19.1. The van der Waals surface area contributed by atoms with Crippen LogP contribution >= 0.6 is 0 Å². The fraction of sp³-hybridized carbons (Fsp3) is 0.864. The summed E-state index contributed by atoms with van der Waals surface area (Å²) in [6, 6.07) is 0. The van der Waals surface area contributed by atoms with E-state index in [1.54, 1.807) is 0 Å². The van der Waals surface area contributed by atoms with Crippen LogP contribution in [0.4, 0.5) is 0 Å². The van der Waals surface area contributed by atoms with Gasteiger partial charge in [-0.1, -0.05) is 20.4 Å². The molecule has 4 rings (SSSR count). The Labute approximate surface area is 167 Å². The van der Waals surface area contributed by atoms with Gasteiger partial charge in [0.15, 0.2) is 0 Å². The van der Waals surface area contributed by atoms with Crippen LogP contribution in [0, 0.1) is 29.6 Å². The van der Waals surface area contributed by atoms with Crippen molar-refractivity contribution < 1.29 is 29.1 Å². The molecule has 0 amide bonds. The molecule has 1 saturated carbocycles. The topological polar surface area (TPSA) is 74.2 Å². The van der Waals surface area contributed by atoms with Gasteiger partial charge >= 0.3 is 5.97 Å². The van der Waals surface area contributed by atoms with Crippen molar-refractivity contribution >= 4 is 5.97 Å². The van der Waals surface area contributed by atoms with Crippen molar-refractivity contribution in [3.8, 4) is 0 Å². The third kappa shape index (κ3) is 3.22. The van der Waals surface area contributed by atoms with Crippen LogP contribution in [0.3, 0.4) is 0 Å². The van der Waals surface area contributed by atoms with E-state index < -0.39 is 11.7 Å². The number of esters is 1. The summed E-state index contributed by atoms with van der Waals surface area (Å²) in [6.45, 7) is 13.0. The third-order valence-electron chi connectivity index (χ3n) is 7.88. The zero-order valence-electron chi connectivity index (χ0n) is 17.4. The van der Waals surface area contributed by atoms with Gasteiger partial charge in [-0.2, -0.15) is 0 Å². The Balaban J connectivity index is 1.78. The molecular weight excluding hydrogens is 360 g/mol. The molecule has 0 spiro atoms. The highest BCUT2D eigenvalue weighted by molar-refractivity contribution is 5.66. The van der Waals surface area contributed by atoms with Crippen LogP contribution in [0.25, 0.3) is 0 Å². The van der Waals surface area contributed by atoms with E-state index in [0.29, 0.717) is 37.2 Å². The second-order valence-corrected chi connectivity index (χ2v) is 9.80. The first-order chi connectivity index (χ1) is 13.2. The lowest BCUT2D eigenvalue weighted by Gasteiger charge is -2.46. The van der Waals surface area contributed by atoms with Crippen molar-refractivity contribution in [2.24, 2.45) is 29.6 Å². The van der Waals surface area contributed by atoms with Crippen LogP contribution in [0.2, 0.25) is 0 Å². The van der Waals surface area contributed by atoms with E-state index in [1.807, 2.05) is 0 Å². The molecule has 158 valence electrons. The minimum absolute atomic E-state index is 0.0479. The van der Waals surface area contributed by atoms with E-state index in [9.17, 15) is 10.1 Å². The maximum absolute atomic E-state index is 11.9. The lowest BCUT2D eigenvalue weighted by atomic mass is 9.59. The summed E-state index contributed by atoms with van der Waals surface area (Å²) in [6.07, 6.45) is 2.26. The molecule has 1 aliphatic carbocycles. The van der Waals surface area contributed by atoms with Gasteiger partial charge in [-0.3, -0.25) is 10.1 Å². The van der Waals surface area contributed by atoms with Crippen molar-refractivity contribution in [1.82, 2.24) is 0 Å². The zero-order chi connectivity index (χ0) is 20.2. The second kappa shape index (κ2) is 7.38. The number of hydrogen-bond donors (Lipinski definition) is 1. The first-order valence-electron chi connectivity index (χ1n) is 10.7. The highest BCUT2D eigenvalue weighted by Crippen LogP contribution is 2.57. The summed E-state index contributed by atoms with van der Waals surface area (Å²) in [7, 11) is 0. The summed E-state index contributed by atoms with van der Waals surface area (Å²) in [4.78, 5) is 16.6. The largest absolute Gasteiger partial charge is 0.462 e. The van der Waals surface area contributed by atoms with E-state index in [1.165, 1.54) is 6.92 Å². The van der Waals surface area contributed by atoms with Crippen LogP contribution in [-0.2, 0) is 23.9 Å². The van der Waals surface area contributed by atoms with E-state index in [0.717, 1.165) is 18.4 Å². The van der Waals surface area contributed by atoms with Crippen LogP contribution in [0.1, 0.15) is 53.4 Å². The molecular formula is C22H34O6. The fourth-order valence-electron chi connectivity index (χ4n) is 6.47. The van der Waals surface area contributed by atoms with E-state index >= 15 is 0 Å². The van der Waals surface area contributed by atoms with Crippen LogP contribution in [0.5, 0.6) is 0 Å². The number of fused-ring (bicyclic) bond motifs is 2. The van der Waals surface area contributed by atoms with Gasteiger partial charge in [0.1, 0.15) is 12.2 Å². The number of carbonyl (C=O) groups is 1. The molecule has 4 aliphatic rings. The van der Waals surface area contributed by atoms with Crippen LogP contribution < -0.4 is 0 Å². The summed E-state index contributed by atoms with van der Waals surface area (Å²) in [5, 5.41) is 9.42. The average Bonchev–Trinajstić information content (AvgIpc) is 2.99. The fourth-order valence-corrected chi connectivity index (χ4v) is 6.47. The first kappa shape index (κ1) is 20.3. The highest BCUT2D eigenvalue weighted by atomic mass is 17.1. The molecule has 0 radical (unpaired) electrons. The average molecular weight is 395 g/mol. The van der Waals surface area contributed by atoms with Gasteiger partial charge in [0.2, 0.25) is 0 Å². The normalized spacial score (nSPS) is 50.9. The second-order valence-electron chi connectivity index (χ2n) is 9.80. The first-order valence-corrected chi connectivity index (χ1v) is 10.7. The Kier molecular flexibility index (Phi) is 5.36. The Morgan fingerprint density at radius 3 is 2.71 bits per heavy atom. The molecule has 10 unspecified atom stereocenters. The molecule has 3 saturated heterocycles.